The number of hydrogen-bond donors (Lipinski definition) is 1. The first kappa shape index (κ1) is 16.7. The van der Waals surface area contributed by atoms with Crippen LogP contribution < -0.4 is 14.4 Å². The lowest BCUT2D eigenvalue weighted by molar-refractivity contribution is -0.849. The number of aromatic nitrogens is 1. The fourth-order valence-corrected chi connectivity index (χ4v) is 3.19. The molecular weight excluding hydrogens is 326 g/mol. The van der Waals surface area contributed by atoms with Gasteiger partial charge in [0.25, 0.3) is 5.91 Å². The van der Waals surface area contributed by atoms with Crippen molar-refractivity contribution in [2.75, 3.05) is 33.8 Å². The van der Waals surface area contributed by atoms with Crippen LogP contribution in [0, 0.1) is 0 Å². The summed E-state index contributed by atoms with van der Waals surface area (Å²) in [7, 11) is 3.94. The number of likely N-dealkylation sites (N-methyl/N-ethyl adjacent to an activating group) is 1. The average molecular weight is 348 g/mol. The van der Waals surface area contributed by atoms with Gasteiger partial charge in [-0.15, -0.1) is 11.3 Å². The zero-order valence-electron chi connectivity index (χ0n) is 13.9. The molecular formula is C17H22N3O3S+. The molecule has 0 bridgehead atoms. The maximum Gasteiger partial charge on any atom is 0.278 e. The largest absolute Gasteiger partial charge is 0.486 e. The number of nitrogens with zero attached hydrogens (tertiary/aromatic N) is 2. The quantitative estimate of drug-likeness (QED) is 0.824. The summed E-state index contributed by atoms with van der Waals surface area (Å²) in [6.07, 6.45) is 1.58. The molecule has 1 amide bonds. The number of para-hydroxylation sites is 2. The Labute approximate surface area is 145 Å². The van der Waals surface area contributed by atoms with Gasteiger partial charge in [-0.05, 0) is 12.1 Å². The van der Waals surface area contributed by atoms with E-state index in [0.29, 0.717) is 26.2 Å². The van der Waals surface area contributed by atoms with E-state index >= 15 is 0 Å². The normalized spacial score (nSPS) is 16.2. The minimum atomic E-state index is -0.180. The molecule has 1 aliphatic rings. The van der Waals surface area contributed by atoms with Crippen LogP contribution in [0.2, 0.25) is 0 Å². The van der Waals surface area contributed by atoms with Crippen molar-refractivity contribution in [2.24, 2.45) is 0 Å². The molecule has 0 saturated heterocycles. The number of benzene rings is 1. The highest BCUT2D eigenvalue weighted by Gasteiger charge is 2.26. The molecule has 2 aromatic rings. The third-order valence-electron chi connectivity index (χ3n) is 3.66. The van der Waals surface area contributed by atoms with Crippen LogP contribution in [0.15, 0.2) is 35.8 Å². The number of quaternary nitrogens is 1. The Balaban J connectivity index is 1.68. The summed E-state index contributed by atoms with van der Waals surface area (Å²) in [5.74, 6) is 1.57. The Morgan fingerprint density at radius 1 is 1.38 bits per heavy atom. The van der Waals surface area contributed by atoms with Gasteiger partial charge in [0.1, 0.15) is 11.6 Å². The van der Waals surface area contributed by atoms with Crippen LogP contribution in [0.1, 0.15) is 5.01 Å². The molecule has 0 fully saturated rings. The van der Waals surface area contributed by atoms with Crippen molar-refractivity contribution in [1.82, 2.24) is 9.88 Å². The molecule has 1 aliphatic heterocycles. The summed E-state index contributed by atoms with van der Waals surface area (Å²) in [4.78, 5) is 19.8. The maximum absolute atomic E-state index is 12.6. The predicted octanol–water partition coefficient (Wildman–Crippen LogP) is 0.456. The Morgan fingerprint density at radius 3 is 2.88 bits per heavy atom. The van der Waals surface area contributed by atoms with Gasteiger partial charge >= 0.3 is 0 Å². The molecule has 1 atom stereocenters. The minimum absolute atomic E-state index is 0.0904. The summed E-state index contributed by atoms with van der Waals surface area (Å²) in [6.45, 7) is 1.87. The Bertz CT molecular complexity index is 675. The molecule has 1 aromatic carbocycles. The summed E-state index contributed by atoms with van der Waals surface area (Å²) in [5.41, 5.74) is 0. The van der Waals surface area contributed by atoms with Crippen molar-refractivity contribution >= 4 is 17.2 Å². The monoisotopic (exact) mass is 348 g/mol. The lowest BCUT2D eigenvalue weighted by Crippen LogP contribution is -3.07. The molecule has 2 heterocycles. The maximum atomic E-state index is 12.6. The van der Waals surface area contributed by atoms with Gasteiger partial charge in [-0.2, -0.15) is 0 Å². The molecule has 0 aliphatic carbocycles. The van der Waals surface area contributed by atoms with Gasteiger partial charge in [-0.1, -0.05) is 12.1 Å². The molecule has 1 N–H and O–H groups in total. The number of carbonyl (C=O) groups excluding carboxylic acids is 1. The standard InChI is InChI=1S/C17H21N3O3S/c1-19(2)11-17(21)20(10-16-18-7-8-24-16)9-13-12-22-14-5-3-4-6-15(14)23-13/h3-8,13H,9-12H2,1-2H3/p+1/t13-/m1/s1. The predicted molar refractivity (Wildman–Crippen MR) is 91.6 cm³/mol. The molecule has 6 nitrogen and oxygen atoms in total. The van der Waals surface area contributed by atoms with E-state index in [1.807, 2.05) is 48.6 Å². The SMILES string of the molecule is C[NH+](C)CC(=O)N(Cc1nccs1)C[C@@H]1COc2ccccc2O1. The first-order chi connectivity index (χ1) is 11.6. The number of rotatable bonds is 6. The van der Waals surface area contributed by atoms with Gasteiger partial charge in [-0.3, -0.25) is 4.79 Å². The van der Waals surface area contributed by atoms with Gasteiger partial charge < -0.3 is 19.3 Å². The molecule has 0 radical (unpaired) electrons. The molecule has 0 spiro atoms. The highest BCUT2D eigenvalue weighted by Crippen LogP contribution is 2.31. The second kappa shape index (κ2) is 7.63. The van der Waals surface area contributed by atoms with Crippen LogP contribution in [0.5, 0.6) is 11.5 Å². The zero-order chi connectivity index (χ0) is 16.9. The molecule has 24 heavy (non-hydrogen) atoms. The van der Waals surface area contributed by atoms with Gasteiger partial charge in [0.15, 0.2) is 24.1 Å². The van der Waals surface area contributed by atoms with E-state index in [1.165, 1.54) is 0 Å². The zero-order valence-corrected chi connectivity index (χ0v) is 14.7. The van der Waals surface area contributed by atoms with Gasteiger partial charge in [-0.25, -0.2) is 4.98 Å². The van der Waals surface area contributed by atoms with Crippen molar-refractivity contribution in [3.8, 4) is 11.5 Å². The number of fused-ring (bicyclic) bond motifs is 1. The van der Waals surface area contributed by atoms with Crippen LogP contribution in [-0.4, -0.2) is 55.7 Å². The highest BCUT2D eigenvalue weighted by atomic mass is 32.1. The van der Waals surface area contributed by atoms with E-state index in [2.05, 4.69) is 4.98 Å². The van der Waals surface area contributed by atoms with Gasteiger partial charge in [0, 0.05) is 11.6 Å². The van der Waals surface area contributed by atoms with Crippen LogP contribution >= 0.6 is 11.3 Å². The van der Waals surface area contributed by atoms with E-state index in [4.69, 9.17) is 9.47 Å². The summed E-state index contributed by atoms with van der Waals surface area (Å²) >= 11 is 1.55. The van der Waals surface area contributed by atoms with Crippen LogP contribution in [0.25, 0.3) is 0 Å². The average Bonchev–Trinajstić information content (AvgIpc) is 3.06. The van der Waals surface area contributed by atoms with Crippen molar-refractivity contribution in [3.05, 3.63) is 40.8 Å². The molecule has 3 rings (SSSR count). The second-order valence-electron chi connectivity index (χ2n) is 6.08. The van der Waals surface area contributed by atoms with Crippen molar-refractivity contribution in [2.45, 2.75) is 12.6 Å². The smallest absolute Gasteiger partial charge is 0.278 e. The lowest BCUT2D eigenvalue weighted by atomic mass is 10.2. The van der Waals surface area contributed by atoms with E-state index in [1.54, 1.807) is 17.5 Å². The second-order valence-corrected chi connectivity index (χ2v) is 7.06. The topological polar surface area (TPSA) is 56.1 Å². The summed E-state index contributed by atoms with van der Waals surface area (Å²) in [5, 5.41) is 2.85. The van der Waals surface area contributed by atoms with Crippen molar-refractivity contribution in [3.63, 3.8) is 0 Å². The Hall–Kier alpha value is -2.12. The number of ether oxygens (including phenoxy) is 2. The van der Waals surface area contributed by atoms with Crippen molar-refractivity contribution < 1.29 is 19.2 Å². The van der Waals surface area contributed by atoms with Crippen LogP contribution in [0.3, 0.4) is 0 Å². The lowest BCUT2D eigenvalue weighted by Gasteiger charge is -2.31. The summed E-state index contributed by atoms with van der Waals surface area (Å²) in [6, 6.07) is 7.61. The number of thiazole rings is 1. The van der Waals surface area contributed by atoms with Crippen LogP contribution in [-0.2, 0) is 11.3 Å². The fraction of sp³-hybridized carbons (Fsp3) is 0.412. The van der Waals surface area contributed by atoms with Gasteiger partial charge in [0.2, 0.25) is 0 Å². The Morgan fingerprint density at radius 2 is 2.17 bits per heavy atom. The minimum Gasteiger partial charge on any atom is -0.486 e. The first-order valence-corrected chi connectivity index (χ1v) is 8.83. The van der Waals surface area contributed by atoms with Crippen molar-refractivity contribution in [1.29, 1.82) is 0 Å². The molecule has 128 valence electrons. The molecule has 1 aromatic heterocycles. The van der Waals surface area contributed by atoms with E-state index in [-0.39, 0.29) is 12.0 Å². The number of carbonyl (C=O) groups is 1. The fourth-order valence-electron chi connectivity index (χ4n) is 2.56. The highest BCUT2D eigenvalue weighted by molar-refractivity contribution is 7.09. The first-order valence-electron chi connectivity index (χ1n) is 7.95. The van der Waals surface area contributed by atoms with E-state index in [9.17, 15) is 4.79 Å². The van der Waals surface area contributed by atoms with Gasteiger partial charge in [0.05, 0.1) is 27.2 Å². The number of amides is 1. The third-order valence-corrected chi connectivity index (χ3v) is 4.42. The Kier molecular flexibility index (Phi) is 5.32. The molecule has 0 saturated carbocycles. The number of nitrogens with one attached hydrogen (secondary N) is 1. The molecule has 0 unspecified atom stereocenters. The van der Waals surface area contributed by atoms with E-state index < -0.39 is 0 Å². The third kappa shape index (κ3) is 4.24. The molecule has 7 heteroatoms. The van der Waals surface area contributed by atoms with E-state index in [0.717, 1.165) is 21.4 Å². The summed E-state index contributed by atoms with van der Waals surface area (Å²) < 4.78 is 11.7. The van der Waals surface area contributed by atoms with Crippen LogP contribution in [0.4, 0.5) is 0 Å². The number of hydrogen-bond acceptors (Lipinski definition) is 5.